The van der Waals surface area contributed by atoms with Crippen molar-refractivity contribution < 1.29 is 19.4 Å². The lowest BCUT2D eigenvalue weighted by molar-refractivity contribution is 0.0522. The molecule has 1 aromatic carbocycles. The lowest BCUT2D eigenvalue weighted by Gasteiger charge is -2.10. The van der Waals surface area contributed by atoms with Crippen LogP contribution in [0.1, 0.15) is 40.1 Å². The number of carbonyl (C=O) groups excluding carboxylic acids is 2. The molecular formula is C12H14O4. The van der Waals surface area contributed by atoms with Gasteiger partial charge in [0, 0.05) is 5.56 Å². The Morgan fingerprint density at radius 3 is 2.50 bits per heavy atom. The number of benzene rings is 1. The zero-order valence-electron chi connectivity index (χ0n) is 9.53. The molecule has 0 saturated heterocycles. The largest absolute Gasteiger partial charge is 0.507 e. The van der Waals surface area contributed by atoms with Gasteiger partial charge in [0.25, 0.3) is 0 Å². The van der Waals surface area contributed by atoms with E-state index in [0.29, 0.717) is 11.1 Å². The fourth-order valence-corrected chi connectivity index (χ4v) is 1.54. The summed E-state index contributed by atoms with van der Waals surface area (Å²) in [5.74, 6) is -0.926. The molecule has 0 atom stereocenters. The Balaban J connectivity index is 3.31. The van der Waals surface area contributed by atoms with Crippen molar-refractivity contribution in [2.75, 3.05) is 6.61 Å². The van der Waals surface area contributed by atoms with Crippen molar-refractivity contribution in [1.82, 2.24) is 0 Å². The molecule has 0 aliphatic rings. The minimum absolute atomic E-state index is 0.0644. The summed E-state index contributed by atoms with van der Waals surface area (Å²) in [7, 11) is 0. The van der Waals surface area contributed by atoms with Crippen molar-refractivity contribution in [3.05, 3.63) is 28.8 Å². The van der Waals surface area contributed by atoms with E-state index in [1.807, 2.05) is 0 Å². The van der Waals surface area contributed by atoms with Gasteiger partial charge in [-0.3, -0.25) is 4.79 Å². The summed E-state index contributed by atoms with van der Waals surface area (Å²) >= 11 is 0. The van der Waals surface area contributed by atoms with Crippen molar-refractivity contribution >= 4 is 11.8 Å². The molecule has 1 rings (SSSR count). The van der Waals surface area contributed by atoms with Crippen molar-refractivity contribution in [2.45, 2.75) is 20.8 Å². The zero-order chi connectivity index (χ0) is 12.3. The number of ketones is 1. The molecule has 0 amide bonds. The van der Waals surface area contributed by atoms with Gasteiger partial charge < -0.3 is 9.84 Å². The third-order valence-corrected chi connectivity index (χ3v) is 2.30. The third-order valence-electron chi connectivity index (χ3n) is 2.30. The monoisotopic (exact) mass is 222 g/mol. The highest BCUT2D eigenvalue weighted by Gasteiger charge is 2.19. The van der Waals surface area contributed by atoms with Crippen molar-refractivity contribution in [1.29, 1.82) is 0 Å². The summed E-state index contributed by atoms with van der Waals surface area (Å²) in [6, 6.07) is 2.83. The first-order chi connectivity index (χ1) is 7.49. The number of aromatic hydroxyl groups is 1. The van der Waals surface area contributed by atoms with Crippen LogP contribution in [0.15, 0.2) is 12.1 Å². The van der Waals surface area contributed by atoms with Gasteiger partial charge in [-0.05, 0) is 38.5 Å². The summed E-state index contributed by atoms with van der Waals surface area (Å²) < 4.78 is 4.81. The van der Waals surface area contributed by atoms with Crippen LogP contribution in [0, 0.1) is 6.92 Å². The number of rotatable bonds is 3. The summed E-state index contributed by atoms with van der Waals surface area (Å²) in [5, 5.41) is 9.58. The molecule has 1 aromatic rings. The number of esters is 1. The van der Waals surface area contributed by atoms with Crippen LogP contribution in [0.3, 0.4) is 0 Å². The lowest BCUT2D eigenvalue weighted by atomic mass is 9.99. The molecule has 0 radical (unpaired) electrons. The van der Waals surface area contributed by atoms with Crippen LogP contribution in [0.25, 0.3) is 0 Å². The predicted octanol–water partition coefficient (Wildman–Crippen LogP) is 2.08. The fraction of sp³-hybridized carbons (Fsp3) is 0.333. The van der Waals surface area contributed by atoms with Crippen LogP contribution in [-0.2, 0) is 4.74 Å². The van der Waals surface area contributed by atoms with E-state index >= 15 is 0 Å². The minimum Gasteiger partial charge on any atom is -0.507 e. The molecular weight excluding hydrogens is 208 g/mol. The molecule has 0 aliphatic carbocycles. The van der Waals surface area contributed by atoms with E-state index in [-0.39, 0.29) is 23.7 Å². The number of hydrogen-bond acceptors (Lipinski definition) is 4. The number of phenolic OH excluding ortho intramolecular Hbond substituents is 1. The molecule has 0 saturated carbocycles. The average Bonchev–Trinajstić information content (AvgIpc) is 2.17. The van der Waals surface area contributed by atoms with E-state index in [1.165, 1.54) is 19.1 Å². The molecule has 0 bridgehead atoms. The Kier molecular flexibility index (Phi) is 3.66. The number of carbonyl (C=O) groups is 2. The second-order valence-electron chi connectivity index (χ2n) is 3.41. The molecule has 16 heavy (non-hydrogen) atoms. The molecule has 0 spiro atoms. The highest BCUT2D eigenvalue weighted by molar-refractivity contribution is 6.01. The van der Waals surface area contributed by atoms with Crippen LogP contribution in [0.4, 0.5) is 0 Å². The molecule has 0 fully saturated rings. The van der Waals surface area contributed by atoms with Gasteiger partial charge in [0.2, 0.25) is 0 Å². The smallest absolute Gasteiger partial charge is 0.342 e. The Labute approximate surface area is 93.9 Å². The van der Waals surface area contributed by atoms with E-state index in [2.05, 4.69) is 0 Å². The van der Waals surface area contributed by atoms with E-state index in [0.717, 1.165) is 0 Å². The second-order valence-corrected chi connectivity index (χ2v) is 3.41. The summed E-state index contributed by atoms with van der Waals surface area (Å²) in [4.78, 5) is 22.8. The van der Waals surface area contributed by atoms with Gasteiger partial charge in [0.1, 0.15) is 11.3 Å². The Morgan fingerprint density at radius 1 is 1.38 bits per heavy atom. The lowest BCUT2D eigenvalue weighted by Crippen LogP contribution is -2.10. The first-order valence-electron chi connectivity index (χ1n) is 4.99. The summed E-state index contributed by atoms with van der Waals surface area (Å²) in [6.07, 6.45) is 0. The number of Topliss-reactive ketones (excluding diaryl/α,β-unsaturated/α-hetero) is 1. The van der Waals surface area contributed by atoms with Gasteiger partial charge in [0.15, 0.2) is 5.78 Å². The molecule has 86 valence electrons. The quantitative estimate of drug-likeness (QED) is 0.628. The normalized spacial score (nSPS) is 9.94. The zero-order valence-corrected chi connectivity index (χ0v) is 9.53. The van der Waals surface area contributed by atoms with Crippen LogP contribution in [0.5, 0.6) is 5.75 Å². The van der Waals surface area contributed by atoms with Gasteiger partial charge in [-0.1, -0.05) is 0 Å². The Bertz CT molecular complexity index is 435. The van der Waals surface area contributed by atoms with Crippen molar-refractivity contribution in [3.8, 4) is 5.75 Å². The van der Waals surface area contributed by atoms with Crippen molar-refractivity contribution in [2.24, 2.45) is 0 Å². The topological polar surface area (TPSA) is 63.6 Å². The van der Waals surface area contributed by atoms with Gasteiger partial charge in [0.05, 0.1) is 6.61 Å². The summed E-state index contributed by atoms with van der Waals surface area (Å²) in [6.45, 7) is 4.93. The van der Waals surface area contributed by atoms with E-state index in [1.54, 1.807) is 13.8 Å². The first-order valence-corrected chi connectivity index (χ1v) is 4.99. The molecule has 4 heteroatoms. The second kappa shape index (κ2) is 4.79. The molecule has 1 N–H and O–H groups in total. The SMILES string of the molecule is CCOC(=O)c1c(O)ccc(C(C)=O)c1C. The maximum atomic E-state index is 11.6. The standard InChI is InChI=1S/C12H14O4/c1-4-16-12(15)11-7(2)9(8(3)13)5-6-10(11)14/h5-6,14H,4H2,1-3H3. The van der Waals surface area contributed by atoms with E-state index in [9.17, 15) is 14.7 Å². The Morgan fingerprint density at radius 2 is 2.00 bits per heavy atom. The first kappa shape index (κ1) is 12.2. The van der Waals surface area contributed by atoms with Gasteiger partial charge in [-0.25, -0.2) is 4.79 Å². The van der Waals surface area contributed by atoms with Gasteiger partial charge in [-0.15, -0.1) is 0 Å². The fourth-order valence-electron chi connectivity index (χ4n) is 1.54. The molecule has 0 aliphatic heterocycles. The summed E-state index contributed by atoms with van der Waals surface area (Å²) in [5.41, 5.74) is 0.932. The highest BCUT2D eigenvalue weighted by Crippen LogP contribution is 2.25. The number of hydrogen-bond donors (Lipinski definition) is 1. The molecule has 0 aromatic heterocycles. The molecule has 4 nitrogen and oxygen atoms in total. The number of ether oxygens (including phenoxy) is 1. The molecule has 0 heterocycles. The van der Waals surface area contributed by atoms with Crippen LogP contribution >= 0.6 is 0 Å². The van der Waals surface area contributed by atoms with Crippen LogP contribution in [-0.4, -0.2) is 23.5 Å². The average molecular weight is 222 g/mol. The molecule has 0 unspecified atom stereocenters. The highest BCUT2D eigenvalue weighted by atomic mass is 16.5. The van der Waals surface area contributed by atoms with E-state index < -0.39 is 5.97 Å². The maximum Gasteiger partial charge on any atom is 0.342 e. The maximum absolute atomic E-state index is 11.6. The van der Waals surface area contributed by atoms with Crippen LogP contribution < -0.4 is 0 Å². The van der Waals surface area contributed by atoms with E-state index in [4.69, 9.17) is 4.74 Å². The van der Waals surface area contributed by atoms with Gasteiger partial charge >= 0.3 is 5.97 Å². The van der Waals surface area contributed by atoms with Gasteiger partial charge in [-0.2, -0.15) is 0 Å². The van der Waals surface area contributed by atoms with Crippen molar-refractivity contribution in [3.63, 3.8) is 0 Å². The third kappa shape index (κ3) is 2.21. The predicted molar refractivity (Wildman–Crippen MR) is 58.8 cm³/mol. The minimum atomic E-state index is -0.611. The Hall–Kier alpha value is -1.84. The van der Waals surface area contributed by atoms with Crippen LogP contribution in [0.2, 0.25) is 0 Å². The number of phenols is 1.